The number of carbonyl (C=O) groups excluding carboxylic acids is 2. The van der Waals surface area contributed by atoms with Gasteiger partial charge in [0.05, 0.1) is 0 Å². The first-order valence-electron chi connectivity index (χ1n) is 7.20. The summed E-state index contributed by atoms with van der Waals surface area (Å²) in [6, 6.07) is 8.93. The Hall–Kier alpha value is -2.28. The van der Waals surface area contributed by atoms with Gasteiger partial charge in [0.2, 0.25) is 5.91 Å². The first-order chi connectivity index (χ1) is 11.0. The highest BCUT2D eigenvalue weighted by Crippen LogP contribution is 2.41. The van der Waals surface area contributed by atoms with E-state index in [2.05, 4.69) is 5.32 Å². The Balaban J connectivity index is 1.88. The lowest BCUT2D eigenvalue weighted by molar-refractivity contribution is -0.150. The van der Waals surface area contributed by atoms with Crippen molar-refractivity contribution in [3.63, 3.8) is 0 Å². The predicted molar refractivity (Wildman–Crippen MR) is 85.5 cm³/mol. The first-order valence-corrected chi connectivity index (χ1v) is 8.25. The zero-order chi connectivity index (χ0) is 16.6. The van der Waals surface area contributed by atoms with Crippen LogP contribution < -0.4 is 5.32 Å². The molecule has 2 aliphatic heterocycles. The number of amides is 2. The molecule has 2 aliphatic rings. The van der Waals surface area contributed by atoms with Crippen LogP contribution in [0.4, 0.5) is 0 Å². The Morgan fingerprint density at radius 3 is 2.65 bits per heavy atom. The van der Waals surface area contributed by atoms with Crippen molar-refractivity contribution in [2.45, 2.75) is 24.8 Å². The van der Waals surface area contributed by atoms with Crippen LogP contribution in [0.1, 0.15) is 12.5 Å². The van der Waals surface area contributed by atoms with Crippen molar-refractivity contribution in [1.82, 2.24) is 10.2 Å². The average Bonchev–Trinajstić information content (AvgIpc) is 2.52. The Morgan fingerprint density at radius 1 is 1.35 bits per heavy atom. The van der Waals surface area contributed by atoms with E-state index in [1.807, 2.05) is 30.3 Å². The Morgan fingerprint density at radius 2 is 2.04 bits per heavy atom. The summed E-state index contributed by atoms with van der Waals surface area (Å²) in [6.07, 6.45) is 0.497. The van der Waals surface area contributed by atoms with Crippen molar-refractivity contribution in [2.75, 3.05) is 5.75 Å². The minimum Gasteiger partial charge on any atom is -0.477 e. The minimum atomic E-state index is -1.10. The summed E-state index contributed by atoms with van der Waals surface area (Å²) in [6.45, 7) is 1.35. The number of rotatable bonds is 4. The van der Waals surface area contributed by atoms with E-state index in [1.54, 1.807) is 0 Å². The van der Waals surface area contributed by atoms with Gasteiger partial charge in [0, 0.05) is 12.7 Å². The predicted octanol–water partition coefficient (Wildman–Crippen LogP) is 0.988. The minimum absolute atomic E-state index is 0.0594. The molecule has 0 radical (unpaired) electrons. The highest BCUT2D eigenvalue weighted by Gasteiger charge is 2.53. The normalized spacial score (nSPS) is 23.2. The SMILES string of the molecule is CC(=O)N[C@@H]1C(=O)N2C(C(=O)O)=C(Cc3ccccc3)CS[C@H]12. The molecule has 120 valence electrons. The van der Waals surface area contributed by atoms with Gasteiger partial charge in [-0.25, -0.2) is 4.79 Å². The highest BCUT2D eigenvalue weighted by molar-refractivity contribution is 8.00. The van der Waals surface area contributed by atoms with E-state index in [4.69, 9.17) is 0 Å². The number of nitrogens with zero attached hydrogens (tertiary/aromatic N) is 1. The number of nitrogens with one attached hydrogen (secondary N) is 1. The van der Waals surface area contributed by atoms with E-state index < -0.39 is 12.0 Å². The second-order valence-corrected chi connectivity index (χ2v) is 6.61. The van der Waals surface area contributed by atoms with E-state index in [-0.39, 0.29) is 22.9 Å². The van der Waals surface area contributed by atoms with Crippen molar-refractivity contribution in [2.24, 2.45) is 0 Å². The topological polar surface area (TPSA) is 86.7 Å². The number of carbonyl (C=O) groups is 3. The molecule has 1 saturated heterocycles. The van der Waals surface area contributed by atoms with Gasteiger partial charge in [-0.05, 0) is 17.6 Å². The molecule has 2 atom stereocenters. The second kappa shape index (κ2) is 6.08. The summed E-state index contributed by atoms with van der Waals surface area (Å²) in [7, 11) is 0. The molecule has 0 aromatic heterocycles. The van der Waals surface area contributed by atoms with Gasteiger partial charge in [-0.15, -0.1) is 11.8 Å². The van der Waals surface area contributed by atoms with Crippen LogP contribution in [0.5, 0.6) is 0 Å². The maximum absolute atomic E-state index is 12.2. The van der Waals surface area contributed by atoms with Gasteiger partial charge in [-0.1, -0.05) is 30.3 Å². The summed E-state index contributed by atoms with van der Waals surface area (Å²) < 4.78 is 0. The molecule has 3 rings (SSSR count). The third-order valence-corrected chi connectivity index (χ3v) is 5.21. The number of carboxylic acid groups (broad SMARTS) is 1. The maximum Gasteiger partial charge on any atom is 0.352 e. The molecule has 2 N–H and O–H groups in total. The smallest absolute Gasteiger partial charge is 0.352 e. The fraction of sp³-hybridized carbons (Fsp3) is 0.312. The lowest BCUT2D eigenvalue weighted by Crippen LogP contribution is -2.70. The summed E-state index contributed by atoms with van der Waals surface area (Å²) >= 11 is 1.48. The van der Waals surface area contributed by atoms with Crippen molar-refractivity contribution in [3.8, 4) is 0 Å². The second-order valence-electron chi connectivity index (χ2n) is 5.51. The van der Waals surface area contributed by atoms with Crippen molar-refractivity contribution in [3.05, 3.63) is 47.2 Å². The fourth-order valence-electron chi connectivity index (χ4n) is 2.88. The number of aliphatic carboxylic acids is 1. The number of carboxylic acids is 1. The number of thioether (sulfide) groups is 1. The zero-order valence-corrected chi connectivity index (χ0v) is 13.3. The van der Waals surface area contributed by atoms with Crippen molar-refractivity contribution >= 4 is 29.5 Å². The number of fused-ring (bicyclic) bond motifs is 1. The Bertz CT molecular complexity index is 701. The summed E-state index contributed by atoms with van der Waals surface area (Å²) in [4.78, 5) is 36.4. The van der Waals surface area contributed by atoms with Gasteiger partial charge in [-0.2, -0.15) is 0 Å². The lowest BCUT2D eigenvalue weighted by Gasteiger charge is -2.49. The van der Waals surface area contributed by atoms with Crippen molar-refractivity contribution in [1.29, 1.82) is 0 Å². The largest absolute Gasteiger partial charge is 0.477 e. The molecule has 0 unspecified atom stereocenters. The molecular formula is C16H16N2O4S. The molecule has 0 spiro atoms. The van der Waals surface area contributed by atoms with Crippen LogP contribution in [-0.2, 0) is 20.8 Å². The summed E-state index contributed by atoms with van der Waals surface area (Å²) in [5.41, 5.74) is 1.79. The van der Waals surface area contributed by atoms with Gasteiger partial charge in [0.15, 0.2) is 0 Å². The highest BCUT2D eigenvalue weighted by atomic mass is 32.2. The molecule has 0 saturated carbocycles. The summed E-state index contributed by atoms with van der Waals surface area (Å²) in [5.74, 6) is -1.23. The molecule has 2 heterocycles. The number of β-lactam (4-membered cyclic amide) rings is 1. The molecule has 7 heteroatoms. The van der Waals surface area contributed by atoms with E-state index in [1.165, 1.54) is 23.6 Å². The number of hydrogen-bond acceptors (Lipinski definition) is 4. The van der Waals surface area contributed by atoms with Crippen LogP contribution in [0.25, 0.3) is 0 Å². The molecule has 1 fully saturated rings. The van der Waals surface area contributed by atoms with E-state index in [0.717, 1.165) is 11.1 Å². The van der Waals surface area contributed by atoms with Crippen LogP contribution >= 0.6 is 11.8 Å². The van der Waals surface area contributed by atoms with Crippen molar-refractivity contribution < 1.29 is 19.5 Å². The van der Waals surface area contributed by atoms with Crippen LogP contribution in [0.3, 0.4) is 0 Å². The van der Waals surface area contributed by atoms with Gasteiger partial charge < -0.3 is 10.4 Å². The number of hydrogen-bond donors (Lipinski definition) is 2. The molecule has 1 aromatic carbocycles. The fourth-order valence-corrected chi connectivity index (χ4v) is 4.23. The average molecular weight is 332 g/mol. The van der Waals surface area contributed by atoms with Gasteiger partial charge in [0.25, 0.3) is 5.91 Å². The molecular weight excluding hydrogens is 316 g/mol. The molecule has 0 bridgehead atoms. The summed E-state index contributed by atoms with van der Waals surface area (Å²) in [5, 5.41) is 11.8. The van der Waals surface area contributed by atoms with E-state index >= 15 is 0 Å². The number of benzene rings is 1. The lowest BCUT2D eigenvalue weighted by atomic mass is 9.99. The van der Waals surface area contributed by atoms with Crippen LogP contribution in [-0.4, -0.2) is 45.0 Å². The van der Waals surface area contributed by atoms with Crippen LogP contribution in [0, 0.1) is 0 Å². The Kier molecular flexibility index (Phi) is 4.12. The third kappa shape index (κ3) is 2.84. The first kappa shape index (κ1) is 15.6. The molecule has 0 aliphatic carbocycles. The van der Waals surface area contributed by atoms with Gasteiger partial charge in [0.1, 0.15) is 17.1 Å². The van der Waals surface area contributed by atoms with Crippen LogP contribution in [0.15, 0.2) is 41.6 Å². The quantitative estimate of drug-likeness (QED) is 0.803. The van der Waals surface area contributed by atoms with E-state index in [0.29, 0.717) is 12.2 Å². The molecule has 2 amide bonds. The van der Waals surface area contributed by atoms with E-state index in [9.17, 15) is 19.5 Å². The standard InChI is InChI=1S/C16H16N2O4S/c1-9(19)17-12-14(20)18-13(16(21)22)11(8-23-15(12)18)7-10-5-3-2-4-6-10/h2-6,12,15H,7-8H2,1H3,(H,17,19)(H,21,22)/t12-,15-/m1/s1. The Labute approximate surface area is 137 Å². The third-order valence-electron chi connectivity index (χ3n) is 3.87. The monoisotopic (exact) mass is 332 g/mol. The van der Waals surface area contributed by atoms with Gasteiger partial charge >= 0.3 is 5.97 Å². The molecule has 6 nitrogen and oxygen atoms in total. The van der Waals surface area contributed by atoms with Gasteiger partial charge in [-0.3, -0.25) is 14.5 Å². The van der Waals surface area contributed by atoms with Crippen LogP contribution in [0.2, 0.25) is 0 Å². The molecule has 1 aromatic rings. The molecule has 23 heavy (non-hydrogen) atoms. The maximum atomic E-state index is 12.2. The zero-order valence-electron chi connectivity index (χ0n) is 12.5.